The maximum atomic E-state index is 13.9. The summed E-state index contributed by atoms with van der Waals surface area (Å²) in [5, 5.41) is 3.02. The monoisotopic (exact) mass is 478 g/mol. The number of pyridine rings is 1. The molecular weight excluding hydrogens is 440 g/mol. The number of nitrogens with one attached hydrogen (secondary N) is 1. The zero-order valence-corrected chi connectivity index (χ0v) is 20.7. The van der Waals surface area contributed by atoms with Gasteiger partial charge in [0.2, 0.25) is 17.7 Å². The molecule has 0 aromatic carbocycles. The van der Waals surface area contributed by atoms with Crippen molar-refractivity contribution in [1.29, 1.82) is 0 Å². The van der Waals surface area contributed by atoms with Gasteiger partial charge in [0.15, 0.2) is 0 Å². The van der Waals surface area contributed by atoms with Crippen LogP contribution < -0.4 is 5.32 Å². The number of carbonyl (C=O) groups is 3. The van der Waals surface area contributed by atoms with Gasteiger partial charge in [0, 0.05) is 44.5 Å². The molecule has 1 atom stereocenters. The van der Waals surface area contributed by atoms with Crippen LogP contribution in [0.15, 0.2) is 24.5 Å². The number of hydrogen-bond acceptors (Lipinski definition) is 4. The normalized spacial score (nSPS) is 34.3. The van der Waals surface area contributed by atoms with E-state index in [1.807, 2.05) is 21.9 Å². The summed E-state index contributed by atoms with van der Waals surface area (Å²) in [6.07, 6.45) is 13.7. The van der Waals surface area contributed by atoms with Gasteiger partial charge in [-0.1, -0.05) is 6.07 Å². The molecule has 0 radical (unpaired) electrons. The lowest BCUT2D eigenvalue weighted by molar-refractivity contribution is -0.162. The number of rotatable bonds is 5. The average Bonchev–Trinajstić information content (AvgIpc) is 3.36. The van der Waals surface area contributed by atoms with Gasteiger partial charge in [0.05, 0.1) is 5.41 Å². The summed E-state index contributed by atoms with van der Waals surface area (Å²) in [7, 11) is 0. The highest BCUT2D eigenvalue weighted by atomic mass is 16.2. The Morgan fingerprint density at radius 3 is 2.29 bits per heavy atom. The van der Waals surface area contributed by atoms with Crippen LogP contribution in [0.2, 0.25) is 0 Å². The molecule has 2 aliphatic heterocycles. The van der Waals surface area contributed by atoms with Crippen LogP contribution in [0.5, 0.6) is 0 Å². The summed E-state index contributed by atoms with van der Waals surface area (Å²) < 4.78 is 0. The molecule has 2 saturated heterocycles. The fourth-order valence-corrected chi connectivity index (χ4v) is 8.35. The van der Waals surface area contributed by atoms with Gasteiger partial charge in [0.25, 0.3) is 0 Å². The van der Waals surface area contributed by atoms with Crippen LogP contribution in [0.4, 0.5) is 0 Å². The van der Waals surface area contributed by atoms with E-state index in [1.54, 1.807) is 12.4 Å². The van der Waals surface area contributed by atoms with Gasteiger partial charge >= 0.3 is 0 Å². The predicted octanol–water partition coefficient (Wildman–Crippen LogP) is 3.14. The van der Waals surface area contributed by atoms with Gasteiger partial charge in [-0.05, 0) is 93.6 Å². The number of nitrogens with zero attached hydrogens (tertiary/aromatic N) is 3. The Balaban J connectivity index is 1.04. The molecule has 7 heteroatoms. The maximum absolute atomic E-state index is 13.9. The largest absolute Gasteiger partial charge is 0.352 e. The highest BCUT2D eigenvalue weighted by molar-refractivity contribution is 5.91. The van der Waals surface area contributed by atoms with Crippen LogP contribution in [0.25, 0.3) is 0 Å². The fraction of sp³-hybridized carbons (Fsp3) is 0.714. The Morgan fingerprint density at radius 2 is 1.66 bits per heavy atom. The van der Waals surface area contributed by atoms with Crippen molar-refractivity contribution >= 4 is 17.7 Å². The highest BCUT2D eigenvalue weighted by Crippen LogP contribution is 2.60. The molecule has 1 aromatic rings. The lowest BCUT2D eigenvalue weighted by Gasteiger charge is -2.56. The van der Waals surface area contributed by atoms with Gasteiger partial charge < -0.3 is 15.1 Å². The Kier molecular flexibility index (Phi) is 6.05. The third-order valence-electron chi connectivity index (χ3n) is 9.66. The Morgan fingerprint density at radius 1 is 0.971 bits per heavy atom. The minimum atomic E-state index is -0.300. The van der Waals surface area contributed by atoms with Crippen molar-refractivity contribution in [2.45, 2.75) is 76.8 Å². The van der Waals surface area contributed by atoms with Crippen LogP contribution in [0.1, 0.15) is 69.8 Å². The summed E-state index contributed by atoms with van der Waals surface area (Å²) in [5.74, 6) is 2.57. The molecule has 4 saturated carbocycles. The van der Waals surface area contributed by atoms with Gasteiger partial charge in [0.1, 0.15) is 6.04 Å². The van der Waals surface area contributed by atoms with Crippen molar-refractivity contribution in [2.75, 3.05) is 19.6 Å². The van der Waals surface area contributed by atoms with Crippen LogP contribution in [-0.4, -0.2) is 58.2 Å². The Bertz CT molecular complexity index is 936. The van der Waals surface area contributed by atoms with Crippen molar-refractivity contribution in [1.82, 2.24) is 20.1 Å². The van der Waals surface area contributed by atoms with E-state index < -0.39 is 0 Å². The van der Waals surface area contributed by atoms with Gasteiger partial charge in [-0.15, -0.1) is 0 Å². The molecule has 35 heavy (non-hydrogen) atoms. The van der Waals surface area contributed by atoms with Crippen molar-refractivity contribution in [3.8, 4) is 0 Å². The van der Waals surface area contributed by atoms with Gasteiger partial charge in [-0.25, -0.2) is 0 Å². The van der Waals surface area contributed by atoms with Crippen molar-refractivity contribution in [3.05, 3.63) is 30.1 Å². The highest BCUT2D eigenvalue weighted by Gasteiger charge is 2.57. The predicted molar refractivity (Wildman–Crippen MR) is 131 cm³/mol. The van der Waals surface area contributed by atoms with Crippen LogP contribution in [0, 0.1) is 29.1 Å². The summed E-state index contributed by atoms with van der Waals surface area (Å²) in [4.78, 5) is 48.1. The van der Waals surface area contributed by atoms with Crippen LogP contribution in [-0.2, 0) is 20.9 Å². The molecule has 188 valence electrons. The smallest absolute Gasteiger partial charge is 0.245 e. The molecule has 1 unspecified atom stereocenters. The number of aromatic nitrogens is 1. The maximum Gasteiger partial charge on any atom is 0.245 e. The van der Waals surface area contributed by atoms with E-state index in [9.17, 15) is 14.4 Å². The molecule has 1 aromatic heterocycles. The molecule has 6 fully saturated rings. The summed E-state index contributed by atoms with van der Waals surface area (Å²) in [5.41, 5.74) is 0.801. The van der Waals surface area contributed by atoms with E-state index in [0.29, 0.717) is 32.5 Å². The summed E-state index contributed by atoms with van der Waals surface area (Å²) in [6.45, 7) is 2.40. The summed E-state index contributed by atoms with van der Waals surface area (Å²) in [6, 6.07) is 3.52. The molecule has 4 aliphatic carbocycles. The second-order valence-electron chi connectivity index (χ2n) is 12.0. The number of likely N-dealkylation sites (tertiary alicyclic amines) is 2. The Labute approximate surface area is 208 Å². The molecule has 1 N–H and O–H groups in total. The lowest BCUT2D eigenvalue weighted by atomic mass is 9.49. The molecule has 4 bridgehead atoms. The first-order valence-corrected chi connectivity index (χ1v) is 13.8. The van der Waals surface area contributed by atoms with E-state index in [4.69, 9.17) is 0 Å². The van der Waals surface area contributed by atoms with Crippen LogP contribution in [0.3, 0.4) is 0 Å². The quantitative estimate of drug-likeness (QED) is 0.705. The molecule has 0 spiro atoms. The molecule has 6 aliphatic rings. The number of hydrogen-bond donors (Lipinski definition) is 1. The van der Waals surface area contributed by atoms with E-state index in [-0.39, 0.29) is 35.1 Å². The first kappa shape index (κ1) is 23.0. The lowest BCUT2D eigenvalue weighted by Crippen LogP contribution is -2.58. The summed E-state index contributed by atoms with van der Waals surface area (Å²) >= 11 is 0. The molecule has 7 nitrogen and oxygen atoms in total. The standard InChI is InChI=1S/C28H38N4O3/c33-25(30-18-19-3-1-7-29-17-19)23-5-9-31(10-6-23)26(34)24-4-2-8-32(24)27(35)28-14-20-11-21(15-28)13-22(12-20)16-28/h1,3,7,17,20-24H,2,4-6,8-16,18H2,(H,30,33). The SMILES string of the molecule is O=C(NCc1cccnc1)C1CCN(C(=O)C2CCCN2C(=O)C23CC4CC(CC(C4)C2)C3)CC1. The molecule has 3 amide bonds. The van der Waals surface area contributed by atoms with Gasteiger partial charge in [-0.2, -0.15) is 0 Å². The first-order valence-electron chi connectivity index (χ1n) is 13.8. The minimum absolute atomic E-state index is 0.0560. The number of piperidine rings is 1. The zero-order valence-electron chi connectivity index (χ0n) is 20.7. The molecule has 7 rings (SSSR count). The topological polar surface area (TPSA) is 82.6 Å². The number of amides is 3. The van der Waals surface area contributed by atoms with E-state index in [2.05, 4.69) is 10.3 Å². The average molecular weight is 479 g/mol. The minimum Gasteiger partial charge on any atom is -0.352 e. The third kappa shape index (κ3) is 4.36. The van der Waals surface area contributed by atoms with E-state index >= 15 is 0 Å². The van der Waals surface area contributed by atoms with Crippen LogP contribution >= 0.6 is 0 Å². The van der Waals surface area contributed by atoms with E-state index in [1.165, 1.54) is 19.3 Å². The number of carbonyl (C=O) groups excluding carboxylic acids is 3. The second kappa shape index (κ2) is 9.21. The third-order valence-corrected chi connectivity index (χ3v) is 9.66. The van der Waals surface area contributed by atoms with E-state index in [0.717, 1.165) is 62.0 Å². The zero-order chi connectivity index (χ0) is 24.0. The van der Waals surface area contributed by atoms with Gasteiger partial charge in [-0.3, -0.25) is 19.4 Å². The molecule has 3 heterocycles. The van der Waals surface area contributed by atoms with Crippen molar-refractivity contribution in [3.63, 3.8) is 0 Å². The fourth-order valence-electron chi connectivity index (χ4n) is 8.35. The van der Waals surface area contributed by atoms with Crippen molar-refractivity contribution < 1.29 is 14.4 Å². The molecular formula is C28H38N4O3. The Hall–Kier alpha value is -2.44. The van der Waals surface area contributed by atoms with Crippen molar-refractivity contribution in [2.24, 2.45) is 29.1 Å². The first-order chi connectivity index (χ1) is 17.0. The second-order valence-corrected chi connectivity index (χ2v) is 12.0.